The van der Waals surface area contributed by atoms with Gasteiger partial charge in [0, 0.05) is 50.4 Å². The number of morpholine rings is 1. The van der Waals surface area contributed by atoms with Crippen LogP contribution in [0.1, 0.15) is 0 Å². The lowest BCUT2D eigenvalue weighted by molar-refractivity contribution is 0.122. The summed E-state index contributed by atoms with van der Waals surface area (Å²) in [4.78, 5) is 13.4. The minimum Gasteiger partial charge on any atom is -0.378 e. The zero-order chi connectivity index (χ0) is 16.2. The summed E-state index contributed by atoms with van der Waals surface area (Å²) in [5.41, 5.74) is 1.31. The van der Waals surface area contributed by atoms with Gasteiger partial charge in [-0.25, -0.2) is 9.97 Å². The van der Waals surface area contributed by atoms with Gasteiger partial charge in [-0.1, -0.05) is 18.2 Å². The fraction of sp³-hybridized carbons (Fsp3) is 0.444. The first-order chi connectivity index (χ1) is 11.9. The van der Waals surface area contributed by atoms with Crippen LogP contribution in [0.25, 0.3) is 0 Å². The molecule has 126 valence electrons. The Labute approximate surface area is 142 Å². The Morgan fingerprint density at radius 1 is 1.04 bits per heavy atom. The number of aromatic nitrogens is 2. The van der Waals surface area contributed by atoms with Gasteiger partial charge in [0.15, 0.2) is 0 Å². The molecule has 3 heterocycles. The van der Waals surface area contributed by atoms with Crippen molar-refractivity contribution in [2.75, 3.05) is 61.1 Å². The third-order valence-electron chi connectivity index (χ3n) is 4.64. The number of nitrogens with zero attached hydrogens (tertiary/aromatic N) is 4. The van der Waals surface area contributed by atoms with Gasteiger partial charge in [-0.15, -0.1) is 0 Å². The van der Waals surface area contributed by atoms with Crippen LogP contribution in [0, 0.1) is 5.92 Å². The molecule has 2 aliphatic heterocycles. The Hall–Kier alpha value is -2.34. The molecular weight excluding hydrogens is 302 g/mol. The van der Waals surface area contributed by atoms with Crippen molar-refractivity contribution < 1.29 is 4.74 Å². The fourth-order valence-electron chi connectivity index (χ4n) is 3.21. The van der Waals surface area contributed by atoms with Gasteiger partial charge in [-0.05, 0) is 12.1 Å². The Morgan fingerprint density at radius 2 is 1.83 bits per heavy atom. The first-order valence-corrected chi connectivity index (χ1v) is 8.57. The topological polar surface area (TPSA) is 53.5 Å². The summed E-state index contributed by atoms with van der Waals surface area (Å²) < 4.78 is 5.39. The summed E-state index contributed by atoms with van der Waals surface area (Å²) in [6, 6.07) is 12.6. The van der Waals surface area contributed by atoms with Gasteiger partial charge in [0.05, 0.1) is 13.2 Å². The highest BCUT2D eigenvalue weighted by Crippen LogP contribution is 2.24. The van der Waals surface area contributed by atoms with Gasteiger partial charge in [0.25, 0.3) is 0 Å². The van der Waals surface area contributed by atoms with E-state index in [1.165, 1.54) is 5.69 Å². The molecule has 2 aliphatic rings. The number of para-hydroxylation sites is 1. The van der Waals surface area contributed by atoms with Crippen molar-refractivity contribution in [2.45, 2.75) is 0 Å². The van der Waals surface area contributed by atoms with E-state index in [-0.39, 0.29) is 0 Å². The lowest BCUT2D eigenvalue weighted by atomic mass is 9.99. The molecule has 0 saturated carbocycles. The van der Waals surface area contributed by atoms with E-state index in [1.807, 2.05) is 6.07 Å². The standard InChI is InChI=1S/C18H23N5O/c1-2-4-16(5-3-1)23-12-15(13-23)11-19-17-10-18(21-14-20-17)22-6-8-24-9-7-22/h1-5,10,14-15H,6-9,11-13H2,(H,19,20,21). The fourth-order valence-corrected chi connectivity index (χ4v) is 3.21. The summed E-state index contributed by atoms with van der Waals surface area (Å²) >= 11 is 0. The first kappa shape index (κ1) is 15.2. The summed E-state index contributed by atoms with van der Waals surface area (Å²) in [6.07, 6.45) is 1.64. The molecule has 1 aromatic heterocycles. The van der Waals surface area contributed by atoms with E-state index in [1.54, 1.807) is 6.33 Å². The maximum atomic E-state index is 5.39. The Balaban J connectivity index is 1.28. The number of rotatable bonds is 5. The maximum Gasteiger partial charge on any atom is 0.134 e. The molecule has 0 bridgehead atoms. The number of anilines is 3. The summed E-state index contributed by atoms with van der Waals surface area (Å²) in [5, 5.41) is 3.46. The quantitative estimate of drug-likeness (QED) is 0.906. The van der Waals surface area contributed by atoms with Gasteiger partial charge in [-0.3, -0.25) is 0 Å². The van der Waals surface area contributed by atoms with E-state index in [9.17, 15) is 0 Å². The molecule has 0 aliphatic carbocycles. The lowest BCUT2D eigenvalue weighted by Gasteiger charge is -2.41. The molecule has 2 aromatic rings. The van der Waals surface area contributed by atoms with Crippen LogP contribution in [-0.4, -0.2) is 55.9 Å². The number of ether oxygens (including phenoxy) is 1. The Kier molecular flexibility index (Phi) is 4.46. The van der Waals surface area contributed by atoms with Gasteiger partial charge in [0.2, 0.25) is 0 Å². The monoisotopic (exact) mass is 325 g/mol. The van der Waals surface area contributed by atoms with Crippen LogP contribution in [0.3, 0.4) is 0 Å². The Bertz CT molecular complexity index is 653. The van der Waals surface area contributed by atoms with E-state index < -0.39 is 0 Å². The largest absolute Gasteiger partial charge is 0.378 e. The molecule has 6 nitrogen and oxygen atoms in total. The zero-order valence-electron chi connectivity index (χ0n) is 13.8. The smallest absolute Gasteiger partial charge is 0.134 e. The van der Waals surface area contributed by atoms with Crippen LogP contribution in [-0.2, 0) is 4.74 Å². The van der Waals surface area contributed by atoms with Crippen LogP contribution in [0.4, 0.5) is 17.3 Å². The molecule has 0 spiro atoms. The average molecular weight is 325 g/mol. The number of hydrogen-bond donors (Lipinski definition) is 1. The molecule has 6 heteroatoms. The molecule has 0 amide bonds. The van der Waals surface area contributed by atoms with Crippen molar-refractivity contribution in [3.8, 4) is 0 Å². The molecule has 1 N–H and O–H groups in total. The number of nitrogens with one attached hydrogen (secondary N) is 1. The van der Waals surface area contributed by atoms with E-state index >= 15 is 0 Å². The summed E-state index contributed by atoms with van der Waals surface area (Å²) in [7, 11) is 0. The zero-order valence-corrected chi connectivity index (χ0v) is 13.8. The molecule has 2 fully saturated rings. The highest BCUT2D eigenvalue weighted by Gasteiger charge is 2.26. The SMILES string of the molecule is c1ccc(N2CC(CNc3cc(N4CCOCC4)ncn3)C2)cc1. The van der Waals surface area contributed by atoms with Crippen molar-refractivity contribution in [3.63, 3.8) is 0 Å². The number of benzene rings is 1. The second kappa shape index (κ2) is 7.05. The minimum absolute atomic E-state index is 0.659. The van der Waals surface area contributed by atoms with Crippen molar-refractivity contribution in [1.82, 2.24) is 9.97 Å². The van der Waals surface area contributed by atoms with Crippen molar-refractivity contribution in [1.29, 1.82) is 0 Å². The molecule has 24 heavy (non-hydrogen) atoms. The van der Waals surface area contributed by atoms with E-state index in [4.69, 9.17) is 4.74 Å². The normalized spacial score (nSPS) is 18.3. The number of hydrogen-bond acceptors (Lipinski definition) is 6. The van der Waals surface area contributed by atoms with Crippen LogP contribution < -0.4 is 15.1 Å². The molecule has 0 atom stereocenters. The van der Waals surface area contributed by atoms with Crippen molar-refractivity contribution in [3.05, 3.63) is 42.7 Å². The predicted molar refractivity (Wildman–Crippen MR) is 95.7 cm³/mol. The molecule has 2 saturated heterocycles. The molecule has 4 rings (SSSR count). The van der Waals surface area contributed by atoms with Gasteiger partial charge in [0.1, 0.15) is 18.0 Å². The first-order valence-electron chi connectivity index (χ1n) is 8.57. The van der Waals surface area contributed by atoms with Gasteiger partial charge >= 0.3 is 0 Å². The van der Waals surface area contributed by atoms with Crippen LogP contribution in [0.2, 0.25) is 0 Å². The van der Waals surface area contributed by atoms with Crippen LogP contribution in [0.15, 0.2) is 42.7 Å². The van der Waals surface area contributed by atoms with E-state index in [0.717, 1.165) is 57.6 Å². The minimum atomic E-state index is 0.659. The highest BCUT2D eigenvalue weighted by molar-refractivity contribution is 5.50. The van der Waals surface area contributed by atoms with Crippen molar-refractivity contribution >= 4 is 17.3 Å². The van der Waals surface area contributed by atoms with Gasteiger partial charge < -0.3 is 19.9 Å². The van der Waals surface area contributed by atoms with Crippen LogP contribution >= 0.6 is 0 Å². The molecule has 1 aromatic carbocycles. The average Bonchev–Trinajstić information content (AvgIpc) is 2.62. The molecular formula is C18H23N5O. The lowest BCUT2D eigenvalue weighted by Crippen LogP contribution is -2.49. The maximum absolute atomic E-state index is 5.39. The van der Waals surface area contributed by atoms with Gasteiger partial charge in [-0.2, -0.15) is 0 Å². The third kappa shape index (κ3) is 3.43. The second-order valence-corrected chi connectivity index (χ2v) is 6.35. The molecule has 0 unspecified atom stereocenters. The van der Waals surface area contributed by atoms with Crippen molar-refractivity contribution in [2.24, 2.45) is 5.92 Å². The molecule has 0 radical (unpaired) electrons. The van der Waals surface area contributed by atoms with E-state index in [2.05, 4.69) is 55.4 Å². The predicted octanol–water partition coefficient (Wildman–Crippen LogP) is 1.86. The highest BCUT2D eigenvalue weighted by atomic mass is 16.5. The summed E-state index contributed by atoms with van der Waals surface area (Å²) in [6.45, 7) is 6.46. The van der Waals surface area contributed by atoms with E-state index in [0.29, 0.717) is 5.92 Å². The third-order valence-corrected chi connectivity index (χ3v) is 4.64. The Morgan fingerprint density at radius 3 is 2.62 bits per heavy atom. The second-order valence-electron chi connectivity index (χ2n) is 6.35. The van der Waals surface area contributed by atoms with Crippen LogP contribution in [0.5, 0.6) is 0 Å². The summed E-state index contributed by atoms with van der Waals surface area (Å²) in [5.74, 6) is 2.55.